The number of sulfonamides is 1. The van der Waals surface area contributed by atoms with Crippen LogP contribution in [0.15, 0.2) is 66.1 Å². The van der Waals surface area contributed by atoms with Gasteiger partial charge in [-0.05, 0) is 42.8 Å². The molecule has 3 rings (SSSR count). The molecule has 1 heterocycles. The highest BCUT2D eigenvalue weighted by atomic mass is 35.5. The maximum Gasteiger partial charge on any atom is 0.417 e. The molecule has 0 saturated carbocycles. The van der Waals surface area contributed by atoms with Crippen molar-refractivity contribution in [3.8, 4) is 5.69 Å². The molecular formula is C18H15ClF3N3O2S. The molecule has 2 aromatic carbocycles. The number of aromatic nitrogens is 2. The van der Waals surface area contributed by atoms with Crippen molar-refractivity contribution >= 4 is 21.6 Å². The zero-order valence-corrected chi connectivity index (χ0v) is 16.1. The van der Waals surface area contributed by atoms with Crippen molar-refractivity contribution in [2.75, 3.05) is 0 Å². The minimum atomic E-state index is -4.86. The van der Waals surface area contributed by atoms with E-state index in [1.165, 1.54) is 0 Å². The van der Waals surface area contributed by atoms with Crippen LogP contribution in [0.1, 0.15) is 24.1 Å². The first kappa shape index (κ1) is 20.4. The number of nitrogens with one attached hydrogen (secondary N) is 1. The Balaban J connectivity index is 1.87. The van der Waals surface area contributed by atoms with Gasteiger partial charge in [0.05, 0.1) is 16.8 Å². The van der Waals surface area contributed by atoms with Crippen LogP contribution >= 0.6 is 11.6 Å². The molecule has 5 nitrogen and oxygen atoms in total. The van der Waals surface area contributed by atoms with Crippen LogP contribution in [0.4, 0.5) is 13.2 Å². The van der Waals surface area contributed by atoms with Gasteiger partial charge in [-0.15, -0.1) is 0 Å². The van der Waals surface area contributed by atoms with Crippen molar-refractivity contribution in [2.24, 2.45) is 0 Å². The van der Waals surface area contributed by atoms with E-state index in [0.29, 0.717) is 11.6 Å². The number of nitrogens with zero attached hydrogens (tertiary/aromatic N) is 2. The summed E-state index contributed by atoms with van der Waals surface area (Å²) in [5.74, 6) is 0. The van der Waals surface area contributed by atoms with Gasteiger partial charge in [-0.1, -0.05) is 23.7 Å². The average molecular weight is 430 g/mol. The fraction of sp³-hybridized carbons (Fsp3) is 0.167. The molecule has 1 aromatic heterocycles. The van der Waals surface area contributed by atoms with E-state index in [9.17, 15) is 21.6 Å². The molecule has 0 fully saturated rings. The van der Waals surface area contributed by atoms with Crippen molar-refractivity contribution < 1.29 is 21.6 Å². The highest BCUT2D eigenvalue weighted by Gasteiger charge is 2.37. The van der Waals surface area contributed by atoms with Gasteiger partial charge in [0, 0.05) is 29.1 Å². The molecule has 0 aliphatic rings. The van der Waals surface area contributed by atoms with Gasteiger partial charge in [-0.25, -0.2) is 18.1 Å². The van der Waals surface area contributed by atoms with E-state index < -0.39 is 32.7 Å². The van der Waals surface area contributed by atoms with E-state index in [4.69, 9.17) is 11.6 Å². The van der Waals surface area contributed by atoms with Crippen LogP contribution in [-0.4, -0.2) is 18.0 Å². The van der Waals surface area contributed by atoms with E-state index in [0.717, 1.165) is 17.8 Å². The third-order valence-electron chi connectivity index (χ3n) is 4.06. The van der Waals surface area contributed by atoms with Crippen LogP contribution in [0.5, 0.6) is 0 Å². The SMILES string of the molecule is CC(NS(=O)(=O)c1ccc(Cl)cc1C(F)(F)F)c1ccc(-n2ccnc2)cc1. The minimum absolute atomic E-state index is 0.200. The second kappa shape index (κ2) is 7.57. The number of hydrogen-bond acceptors (Lipinski definition) is 3. The largest absolute Gasteiger partial charge is 0.417 e. The lowest BCUT2D eigenvalue weighted by Crippen LogP contribution is -2.29. The third-order valence-corrected chi connectivity index (χ3v) is 5.90. The summed E-state index contributed by atoms with van der Waals surface area (Å²) in [5, 5.41) is -0.200. The molecule has 0 aliphatic carbocycles. The van der Waals surface area contributed by atoms with Crippen LogP contribution in [0, 0.1) is 0 Å². The van der Waals surface area contributed by atoms with Crippen LogP contribution in [0.25, 0.3) is 5.69 Å². The van der Waals surface area contributed by atoms with Crippen molar-refractivity contribution in [1.29, 1.82) is 0 Å². The highest BCUT2D eigenvalue weighted by molar-refractivity contribution is 7.89. The quantitative estimate of drug-likeness (QED) is 0.645. The lowest BCUT2D eigenvalue weighted by Gasteiger charge is -2.18. The predicted octanol–water partition coefficient (Wildman–Crippen LogP) is 4.58. The fourth-order valence-electron chi connectivity index (χ4n) is 2.67. The number of imidazole rings is 1. The number of hydrogen-bond donors (Lipinski definition) is 1. The third kappa shape index (κ3) is 4.37. The van der Waals surface area contributed by atoms with Crippen LogP contribution in [0.2, 0.25) is 5.02 Å². The Hall–Kier alpha value is -2.36. The average Bonchev–Trinajstić information content (AvgIpc) is 3.15. The Labute approximate surface area is 164 Å². The fourth-order valence-corrected chi connectivity index (χ4v) is 4.28. The van der Waals surface area contributed by atoms with Gasteiger partial charge in [-0.3, -0.25) is 0 Å². The van der Waals surface area contributed by atoms with E-state index >= 15 is 0 Å². The number of halogens is 4. The normalized spacial score (nSPS) is 13.5. The molecule has 10 heteroatoms. The first-order valence-electron chi connectivity index (χ1n) is 8.05. The molecule has 0 aliphatic heterocycles. The lowest BCUT2D eigenvalue weighted by atomic mass is 10.1. The van der Waals surface area contributed by atoms with E-state index in [2.05, 4.69) is 9.71 Å². The lowest BCUT2D eigenvalue weighted by molar-refractivity contribution is -0.139. The van der Waals surface area contributed by atoms with Crippen molar-refractivity contribution in [3.63, 3.8) is 0 Å². The molecule has 1 atom stereocenters. The highest BCUT2D eigenvalue weighted by Crippen LogP contribution is 2.36. The molecule has 0 saturated heterocycles. The number of alkyl halides is 3. The Morgan fingerprint density at radius 3 is 2.39 bits per heavy atom. The molecule has 0 amide bonds. The van der Waals surface area contributed by atoms with Crippen molar-refractivity contribution in [2.45, 2.75) is 24.0 Å². The summed E-state index contributed by atoms with van der Waals surface area (Å²) in [6, 6.07) is 8.69. The zero-order chi connectivity index (χ0) is 20.5. The Morgan fingerprint density at radius 1 is 1.14 bits per heavy atom. The maximum atomic E-state index is 13.2. The van der Waals surface area contributed by atoms with E-state index in [1.54, 1.807) is 54.5 Å². The van der Waals surface area contributed by atoms with Gasteiger partial charge in [-0.2, -0.15) is 13.2 Å². The summed E-state index contributed by atoms with van der Waals surface area (Å²) >= 11 is 5.61. The molecule has 0 radical (unpaired) electrons. The van der Waals surface area contributed by atoms with Crippen LogP contribution in [0.3, 0.4) is 0 Å². The first-order valence-corrected chi connectivity index (χ1v) is 9.91. The van der Waals surface area contributed by atoms with Gasteiger partial charge in [0.2, 0.25) is 10.0 Å². The van der Waals surface area contributed by atoms with E-state index in [1.807, 2.05) is 0 Å². The Bertz CT molecular complexity index is 1070. The van der Waals surface area contributed by atoms with Gasteiger partial charge in [0.25, 0.3) is 0 Å². The smallest absolute Gasteiger partial charge is 0.306 e. The standard InChI is InChI=1S/C18H15ClF3N3O2S/c1-12(13-2-5-15(6-3-13)25-9-8-23-11-25)24-28(26,27)17-7-4-14(19)10-16(17)18(20,21)22/h2-12,24H,1H3. The first-order chi connectivity index (χ1) is 13.1. The summed E-state index contributed by atoms with van der Waals surface area (Å²) in [6.07, 6.45) is 0.125. The second-order valence-corrected chi connectivity index (χ2v) is 8.16. The van der Waals surface area contributed by atoms with Gasteiger partial charge >= 0.3 is 6.18 Å². The Kier molecular flexibility index (Phi) is 5.51. The number of rotatable bonds is 5. The van der Waals surface area contributed by atoms with Crippen LogP contribution in [-0.2, 0) is 16.2 Å². The van der Waals surface area contributed by atoms with Crippen LogP contribution < -0.4 is 4.72 Å². The Morgan fingerprint density at radius 2 is 1.82 bits per heavy atom. The minimum Gasteiger partial charge on any atom is -0.306 e. The zero-order valence-electron chi connectivity index (χ0n) is 14.5. The van der Waals surface area contributed by atoms with Gasteiger partial charge in [0.1, 0.15) is 0 Å². The molecule has 0 bridgehead atoms. The number of benzene rings is 2. The summed E-state index contributed by atoms with van der Waals surface area (Å²) in [5.41, 5.74) is 0.0958. The summed E-state index contributed by atoms with van der Waals surface area (Å²) < 4.78 is 68.9. The second-order valence-electron chi connectivity index (χ2n) is 6.04. The molecule has 3 aromatic rings. The topological polar surface area (TPSA) is 64.0 Å². The maximum absolute atomic E-state index is 13.2. The van der Waals surface area contributed by atoms with E-state index in [-0.39, 0.29) is 5.02 Å². The van der Waals surface area contributed by atoms with Crippen molar-refractivity contribution in [1.82, 2.24) is 14.3 Å². The summed E-state index contributed by atoms with van der Waals surface area (Å²) in [4.78, 5) is 3.07. The summed E-state index contributed by atoms with van der Waals surface area (Å²) in [7, 11) is -4.44. The molecule has 0 spiro atoms. The summed E-state index contributed by atoms with van der Waals surface area (Å²) in [6.45, 7) is 1.55. The van der Waals surface area contributed by atoms with Gasteiger partial charge in [0.15, 0.2) is 0 Å². The molecular weight excluding hydrogens is 415 g/mol. The molecule has 1 N–H and O–H groups in total. The van der Waals surface area contributed by atoms with Gasteiger partial charge < -0.3 is 4.57 Å². The monoisotopic (exact) mass is 429 g/mol. The molecule has 1 unspecified atom stereocenters. The molecule has 28 heavy (non-hydrogen) atoms. The van der Waals surface area contributed by atoms with Crippen molar-refractivity contribution in [3.05, 3.63) is 77.3 Å². The predicted molar refractivity (Wildman–Crippen MR) is 98.8 cm³/mol. The molecule has 148 valence electrons.